The minimum absolute atomic E-state index is 0.119. The molecule has 1 unspecified atom stereocenters. The number of aromatic nitrogens is 1. The molecule has 94 valence electrons. The Balaban J connectivity index is 2.11. The number of pyridine rings is 1. The van der Waals surface area contributed by atoms with Crippen molar-refractivity contribution in [2.45, 2.75) is 13.0 Å². The lowest BCUT2D eigenvalue weighted by atomic mass is 10.1. The first-order valence-corrected chi connectivity index (χ1v) is 6.09. The van der Waals surface area contributed by atoms with Crippen molar-refractivity contribution < 1.29 is 4.74 Å². The second-order valence-electron chi connectivity index (χ2n) is 3.98. The standard InChI is InChI=1S/C14H15ClN2O/c1-10(12-5-3-4-6-13(12)15)17-11-7-8-14(18-2)16-9-11/h3-10,17H,1-2H3. The zero-order chi connectivity index (χ0) is 13.0. The van der Waals surface area contributed by atoms with Crippen LogP contribution in [-0.2, 0) is 0 Å². The van der Waals surface area contributed by atoms with Crippen LogP contribution in [-0.4, -0.2) is 12.1 Å². The number of hydrogen-bond donors (Lipinski definition) is 1. The van der Waals surface area contributed by atoms with Crippen LogP contribution in [0.4, 0.5) is 5.69 Å². The number of rotatable bonds is 4. The van der Waals surface area contributed by atoms with Crippen LogP contribution in [0.3, 0.4) is 0 Å². The number of nitrogens with zero attached hydrogens (tertiary/aromatic N) is 1. The third-order valence-electron chi connectivity index (χ3n) is 2.70. The van der Waals surface area contributed by atoms with Crippen molar-refractivity contribution in [1.29, 1.82) is 0 Å². The molecule has 1 aromatic carbocycles. The molecule has 0 aliphatic carbocycles. The van der Waals surface area contributed by atoms with Gasteiger partial charge in [0.15, 0.2) is 0 Å². The molecule has 0 saturated heterocycles. The molecule has 0 fully saturated rings. The number of anilines is 1. The largest absolute Gasteiger partial charge is 0.481 e. The van der Waals surface area contributed by atoms with E-state index in [4.69, 9.17) is 16.3 Å². The summed E-state index contributed by atoms with van der Waals surface area (Å²) < 4.78 is 5.02. The van der Waals surface area contributed by atoms with E-state index in [9.17, 15) is 0 Å². The lowest BCUT2D eigenvalue weighted by molar-refractivity contribution is 0.398. The van der Waals surface area contributed by atoms with Gasteiger partial charge in [0, 0.05) is 11.1 Å². The van der Waals surface area contributed by atoms with Gasteiger partial charge in [0.2, 0.25) is 5.88 Å². The molecule has 0 aliphatic rings. The van der Waals surface area contributed by atoms with Gasteiger partial charge in [-0.15, -0.1) is 0 Å². The predicted octanol–water partition coefficient (Wildman–Crippen LogP) is 3.92. The Morgan fingerprint density at radius 1 is 1.22 bits per heavy atom. The van der Waals surface area contributed by atoms with Gasteiger partial charge in [-0.25, -0.2) is 4.98 Å². The van der Waals surface area contributed by atoms with Gasteiger partial charge >= 0.3 is 0 Å². The number of ether oxygens (including phenoxy) is 1. The molecule has 1 aromatic heterocycles. The Morgan fingerprint density at radius 2 is 2.00 bits per heavy atom. The summed E-state index contributed by atoms with van der Waals surface area (Å²) in [5, 5.41) is 4.11. The normalized spacial score (nSPS) is 11.9. The topological polar surface area (TPSA) is 34.1 Å². The molecular weight excluding hydrogens is 248 g/mol. The van der Waals surface area contributed by atoms with E-state index in [0.717, 1.165) is 16.3 Å². The number of methoxy groups -OCH3 is 1. The summed E-state index contributed by atoms with van der Waals surface area (Å²) in [6.07, 6.45) is 1.74. The maximum Gasteiger partial charge on any atom is 0.213 e. The van der Waals surface area contributed by atoms with E-state index in [-0.39, 0.29) is 6.04 Å². The Labute approximate surface area is 112 Å². The van der Waals surface area contributed by atoms with Crippen molar-refractivity contribution in [3.63, 3.8) is 0 Å². The van der Waals surface area contributed by atoms with E-state index >= 15 is 0 Å². The second kappa shape index (κ2) is 5.74. The summed E-state index contributed by atoms with van der Waals surface area (Å²) in [5.74, 6) is 0.603. The van der Waals surface area contributed by atoms with E-state index < -0.39 is 0 Å². The first-order valence-electron chi connectivity index (χ1n) is 5.71. The minimum atomic E-state index is 0.119. The second-order valence-corrected chi connectivity index (χ2v) is 4.38. The highest BCUT2D eigenvalue weighted by atomic mass is 35.5. The van der Waals surface area contributed by atoms with Gasteiger partial charge in [-0.1, -0.05) is 29.8 Å². The molecule has 18 heavy (non-hydrogen) atoms. The number of hydrogen-bond acceptors (Lipinski definition) is 3. The summed E-state index contributed by atoms with van der Waals surface area (Å²) in [7, 11) is 1.60. The lowest BCUT2D eigenvalue weighted by Crippen LogP contribution is -2.07. The van der Waals surface area contributed by atoms with Crippen LogP contribution in [0.1, 0.15) is 18.5 Å². The quantitative estimate of drug-likeness (QED) is 0.907. The van der Waals surface area contributed by atoms with Crippen LogP contribution < -0.4 is 10.1 Å². The monoisotopic (exact) mass is 262 g/mol. The Bertz CT molecular complexity index is 513. The summed E-state index contributed by atoms with van der Waals surface area (Å²) in [5.41, 5.74) is 2.00. The van der Waals surface area contributed by atoms with Gasteiger partial charge in [-0.3, -0.25) is 0 Å². The number of halogens is 1. The van der Waals surface area contributed by atoms with Crippen LogP contribution in [0.2, 0.25) is 5.02 Å². The molecule has 2 rings (SSSR count). The van der Waals surface area contributed by atoms with Crippen molar-refractivity contribution in [2.24, 2.45) is 0 Å². The predicted molar refractivity (Wildman–Crippen MR) is 74.3 cm³/mol. The zero-order valence-corrected chi connectivity index (χ0v) is 11.1. The molecule has 0 saturated carbocycles. The van der Waals surface area contributed by atoms with Crippen LogP contribution in [0, 0.1) is 0 Å². The van der Waals surface area contributed by atoms with Crippen molar-refractivity contribution in [3.05, 3.63) is 53.2 Å². The molecule has 4 heteroatoms. The summed E-state index contributed by atoms with van der Waals surface area (Å²) in [6, 6.07) is 11.7. The van der Waals surface area contributed by atoms with Gasteiger partial charge in [-0.2, -0.15) is 0 Å². The SMILES string of the molecule is COc1ccc(NC(C)c2ccccc2Cl)cn1. The van der Waals surface area contributed by atoms with E-state index in [1.54, 1.807) is 13.3 Å². The average Bonchev–Trinajstić information content (AvgIpc) is 2.40. The van der Waals surface area contributed by atoms with Gasteiger partial charge in [0.05, 0.1) is 25.0 Å². The van der Waals surface area contributed by atoms with Gasteiger partial charge < -0.3 is 10.1 Å². The molecule has 1 N–H and O–H groups in total. The highest BCUT2D eigenvalue weighted by Gasteiger charge is 2.08. The van der Waals surface area contributed by atoms with Crippen molar-refractivity contribution >= 4 is 17.3 Å². The molecule has 1 atom stereocenters. The van der Waals surface area contributed by atoms with E-state index in [2.05, 4.69) is 17.2 Å². The highest BCUT2D eigenvalue weighted by Crippen LogP contribution is 2.25. The first-order chi connectivity index (χ1) is 8.70. The van der Waals surface area contributed by atoms with E-state index in [1.165, 1.54) is 0 Å². The molecule has 3 nitrogen and oxygen atoms in total. The first kappa shape index (κ1) is 12.7. The van der Waals surface area contributed by atoms with Crippen LogP contribution in [0.15, 0.2) is 42.6 Å². The fourth-order valence-electron chi connectivity index (χ4n) is 1.74. The maximum atomic E-state index is 6.16. The molecule has 1 heterocycles. The molecule has 0 radical (unpaired) electrons. The van der Waals surface area contributed by atoms with Crippen molar-refractivity contribution in [3.8, 4) is 5.88 Å². The van der Waals surface area contributed by atoms with Crippen LogP contribution in [0.25, 0.3) is 0 Å². The average molecular weight is 263 g/mol. The van der Waals surface area contributed by atoms with Gasteiger partial charge in [-0.05, 0) is 24.6 Å². The van der Waals surface area contributed by atoms with E-state index in [0.29, 0.717) is 5.88 Å². The fourth-order valence-corrected chi connectivity index (χ4v) is 2.04. The molecule has 0 aliphatic heterocycles. The molecule has 0 amide bonds. The van der Waals surface area contributed by atoms with Crippen LogP contribution in [0.5, 0.6) is 5.88 Å². The van der Waals surface area contributed by atoms with Crippen molar-refractivity contribution in [2.75, 3.05) is 12.4 Å². The van der Waals surface area contributed by atoms with E-state index in [1.807, 2.05) is 36.4 Å². The lowest BCUT2D eigenvalue weighted by Gasteiger charge is -2.16. The smallest absolute Gasteiger partial charge is 0.213 e. The molecule has 2 aromatic rings. The van der Waals surface area contributed by atoms with Crippen LogP contribution >= 0.6 is 11.6 Å². The fraction of sp³-hybridized carbons (Fsp3) is 0.214. The van der Waals surface area contributed by atoms with Crippen molar-refractivity contribution in [1.82, 2.24) is 4.98 Å². The third-order valence-corrected chi connectivity index (χ3v) is 3.04. The number of benzene rings is 1. The van der Waals surface area contributed by atoms with Gasteiger partial charge in [0.1, 0.15) is 0 Å². The molecule has 0 spiro atoms. The Morgan fingerprint density at radius 3 is 2.61 bits per heavy atom. The summed E-state index contributed by atoms with van der Waals surface area (Å²) in [4.78, 5) is 4.15. The zero-order valence-electron chi connectivity index (χ0n) is 10.4. The Hall–Kier alpha value is -1.74. The molecular formula is C14H15ClN2O. The van der Waals surface area contributed by atoms with Gasteiger partial charge in [0.25, 0.3) is 0 Å². The third kappa shape index (κ3) is 2.93. The highest BCUT2D eigenvalue weighted by molar-refractivity contribution is 6.31. The maximum absolute atomic E-state index is 6.16. The minimum Gasteiger partial charge on any atom is -0.481 e. The number of nitrogens with one attached hydrogen (secondary N) is 1. The summed E-state index contributed by atoms with van der Waals surface area (Å²) in [6.45, 7) is 2.06. The Kier molecular flexibility index (Phi) is 4.05. The molecule has 0 bridgehead atoms. The summed E-state index contributed by atoms with van der Waals surface area (Å²) >= 11 is 6.16.